The van der Waals surface area contributed by atoms with Gasteiger partial charge in [-0.2, -0.15) is 11.8 Å². The largest absolute Gasteiger partial charge is 0.392 e. The van der Waals surface area contributed by atoms with Gasteiger partial charge >= 0.3 is 0 Å². The summed E-state index contributed by atoms with van der Waals surface area (Å²) in [7, 11) is 0. The van der Waals surface area contributed by atoms with Crippen LogP contribution >= 0.6 is 24.0 Å². The Morgan fingerprint density at radius 1 is 1.41 bits per heavy atom. The zero-order chi connectivity index (χ0) is 12.5. The SMILES string of the molecule is CSC1CCCC1NC(=O)C1(C(N)=S)CCC1. The molecule has 96 valence electrons. The monoisotopic (exact) mass is 272 g/mol. The molecule has 0 heterocycles. The van der Waals surface area contributed by atoms with E-state index in [0.717, 1.165) is 25.7 Å². The number of nitrogens with one attached hydrogen (secondary N) is 1. The van der Waals surface area contributed by atoms with Gasteiger partial charge in [-0.15, -0.1) is 0 Å². The Kier molecular flexibility index (Phi) is 3.98. The second-order valence-corrected chi connectivity index (χ2v) is 6.60. The Labute approximate surface area is 112 Å². The summed E-state index contributed by atoms with van der Waals surface area (Å²) >= 11 is 6.92. The fourth-order valence-corrected chi connectivity index (χ4v) is 4.03. The maximum absolute atomic E-state index is 12.3. The van der Waals surface area contributed by atoms with Crippen molar-refractivity contribution >= 4 is 34.9 Å². The Hall–Kier alpha value is -0.290. The van der Waals surface area contributed by atoms with E-state index in [2.05, 4.69) is 11.6 Å². The normalized spacial score (nSPS) is 30.6. The zero-order valence-electron chi connectivity index (χ0n) is 10.2. The summed E-state index contributed by atoms with van der Waals surface area (Å²) in [5.41, 5.74) is 5.21. The van der Waals surface area contributed by atoms with Crippen LogP contribution in [-0.2, 0) is 4.79 Å². The molecule has 0 bridgehead atoms. The highest BCUT2D eigenvalue weighted by Gasteiger charge is 2.48. The van der Waals surface area contributed by atoms with Crippen molar-refractivity contribution in [3.63, 3.8) is 0 Å². The average Bonchev–Trinajstić information content (AvgIpc) is 2.62. The van der Waals surface area contributed by atoms with E-state index in [1.54, 1.807) is 0 Å². The standard InChI is InChI=1S/C12H20N2OS2/c1-17-9-5-2-4-8(9)14-11(15)12(10(13)16)6-3-7-12/h8-9H,2-7H2,1H3,(H2,13,16)(H,14,15). The fourth-order valence-electron chi connectivity index (χ4n) is 2.80. The molecule has 0 aliphatic heterocycles. The van der Waals surface area contributed by atoms with E-state index in [-0.39, 0.29) is 5.91 Å². The molecule has 0 aromatic heterocycles. The molecule has 0 radical (unpaired) electrons. The van der Waals surface area contributed by atoms with Gasteiger partial charge in [0.2, 0.25) is 5.91 Å². The first-order valence-electron chi connectivity index (χ1n) is 6.24. The summed E-state index contributed by atoms with van der Waals surface area (Å²) in [4.78, 5) is 12.7. The molecule has 2 fully saturated rings. The number of hydrogen-bond donors (Lipinski definition) is 2. The van der Waals surface area contributed by atoms with Crippen molar-refractivity contribution in [2.45, 2.75) is 49.8 Å². The van der Waals surface area contributed by atoms with Crippen molar-refractivity contribution < 1.29 is 4.79 Å². The van der Waals surface area contributed by atoms with Crippen LogP contribution in [0.1, 0.15) is 38.5 Å². The summed E-state index contributed by atoms with van der Waals surface area (Å²) in [5, 5.41) is 3.73. The number of thiocarbonyl (C=S) groups is 1. The van der Waals surface area contributed by atoms with Crippen molar-refractivity contribution in [1.29, 1.82) is 0 Å². The van der Waals surface area contributed by atoms with Gasteiger partial charge in [-0.1, -0.05) is 25.1 Å². The number of carbonyl (C=O) groups excluding carboxylic acids is 1. The molecule has 2 saturated carbocycles. The molecule has 2 unspecified atom stereocenters. The van der Waals surface area contributed by atoms with Gasteiger partial charge in [0.25, 0.3) is 0 Å². The summed E-state index contributed by atoms with van der Waals surface area (Å²) in [5.74, 6) is 0.0715. The molecule has 3 nitrogen and oxygen atoms in total. The second-order valence-electron chi connectivity index (χ2n) is 5.08. The maximum Gasteiger partial charge on any atom is 0.233 e. The van der Waals surface area contributed by atoms with E-state index in [9.17, 15) is 4.79 Å². The predicted octanol–water partition coefficient (Wildman–Crippen LogP) is 1.84. The van der Waals surface area contributed by atoms with Gasteiger partial charge in [-0.25, -0.2) is 0 Å². The van der Waals surface area contributed by atoms with Gasteiger partial charge in [0.1, 0.15) is 0 Å². The molecule has 2 aliphatic rings. The minimum Gasteiger partial charge on any atom is -0.392 e. The van der Waals surface area contributed by atoms with E-state index in [1.165, 1.54) is 12.8 Å². The third-order valence-electron chi connectivity index (χ3n) is 4.19. The van der Waals surface area contributed by atoms with Crippen LogP contribution < -0.4 is 11.1 Å². The summed E-state index contributed by atoms with van der Waals surface area (Å²) in [6.07, 6.45) is 8.31. The molecule has 2 aliphatic carbocycles. The fraction of sp³-hybridized carbons (Fsp3) is 0.833. The molecule has 0 aromatic rings. The summed E-state index contributed by atoms with van der Waals surface area (Å²) in [6.45, 7) is 0. The first-order valence-corrected chi connectivity index (χ1v) is 7.93. The Morgan fingerprint density at radius 2 is 2.12 bits per heavy atom. The Morgan fingerprint density at radius 3 is 2.59 bits per heavy atom. The van der Waals surface area contributed by atoms with Crippen molar-refractivity contribution in [3.05, 3.63) is 0 Å². The number of rotatable bonds is 4. The van der Waals surface area contributed by atoms with Gasteiger partial charge in [0, 0.05) is 11.3 Å². The van der Waals surface area contributed by atoms with Crippen molar-refractivity contribution in [2.24, 2.45) is 11.1 Å². The molecule has 1 amide bonds. The lowest BCUT2D eigenvalue weighted by Crippen LogP contribution is -2.56. The number of amides is 1. The minimum atomic E-state index is -0.527. The molecular weight excluding hydrogens is 252 g/mol. The second kappa shape index (κ2) is 5.14. The summed E-state index contributed by atoms with van der Waals surface area (Å²) in [6, 6.07) is 0.310. The van der Waals surface area contributed by atoms with Crippen LogP contribution in [0.3, 0.4) is 0 Å². The minimum absolute atomic E-state index is 0.0715. The van der Waals surface area contributed by atoms with Crippen molar-refractivity contribution in [2.75, 3.05) is 6.26 Å². The van der Waals surface area contributed by atoms with Gasteiger partial charge in [0.15, 0.2) is 0 Å². The first-order chi connectivity index (χ1) is 8.10. The zero-order valence-corrected chi connectivity index (χ0v) is 11.8. The van der Waals surface area contributed by atoms with E-state index < -0.39 is 5.41 Å². The molecule has 2 atom stereocenters. The molecular formula is C12H20N2OS2. The van der Waals surface area contributed by atoms with E-state index in [0.29, 0.717) is 16.3 Å². The number of hydrogen-bond acceptors (Lipinski definition) is 3. The highest BCUT2D eigenvalue weighted by molar-refractivity contribution is 7.99. The van der Waals surface area contributed by atoms with Crippen LogP contribution in [0.15, 0.2) is 0 Å². The van der Waals surface area contributed by atoms with Crippen LogP contribution in [0.2, 0.25) is 0 Å². The van der Waals surface area contributed by atoms with Crippen LogP contribution in [0, 0.1) is 5.41 Å². The Balaban J connectivity index is 1.99. The molecule has 5 heteroatoms. The molecule has 0 aromatic carbocycles. The van der Waals surface area contributed by atoms with Crippen molar-refractivity contribution in [3.8, 4) is 0 Å². The van der Waals surface area contributed by atoms with Gasteiger partial charge < -0.3 is 11.1 Å². The summed E-state index contributed by atoms with van der Waals surface area (Å²) < 4.78 is 0. The molecule has 0 spiro atoms. The van der Waals surface area contributed by atoms with Crippen LogP contribution in [0.25, 0.3) is 0 Å². The van der Waals surface area contributed by atoms with Gasteiger partial charge in [-0.05, 0) is 31.9 Å². The third kappa shape index (κ3) is 2.32. The topological polar surface area (TPSA) is 55.1 Å². The van der Waals surface area contributed by atoms with Crippen molar-refractivity contribution in [1.82, 2.24) is 5.32 Å². The van der Waals surface area contributed by atoms with E-state index in [4.69, 9.17) is 18.0 Å². The average molecular weight is 272 g/mol. The van der Waals surface area contributed by atoms with Crippen LogP contribution in [0.5, 0.6) is 0 Å². The molecule has 3 N–H and O–H groups in total. The lowest BCUT2D eigenvalue weighted by Gasteiger charge is -2.40. The van der Waals surface area contributed by atoms with E-state index in [1.807, 2.05) is 11.8 Å². The molecule has 0 saturated heterocycles. The molecule has 17 heavy (non-hydrogen) atoms. The smallest absolute Gasteiger partial charge is 0.233 e. The van der Waals surface area contributed by atoms with Crippen LogP contribution in [0.4, 0.5) is 0 Å². The van der Waals surface area contributed by atoms with Gasteiger partial charge in [0.05, 0.1) is 10.4 Å². The predicted molar refractivity (Wildman–Crippen MR) is 76.2 cm³/mol. The molecule has 2 rings (SSSR count). The number of thioether (sulfide) groups is 1. The number of nitrogens with two attached hydrogens (primary N) is 1. The first kappa shape index (κ1) is 13.1. The number of carbonyl (C=O) groups is 1. The van der Waals surface area contributed by atoms with Crippen LogP contribution in [-0.4, -0.2) is 28.4 Å². The van der Waals surface area contributed by atoms with E-state index >= 15 is 0 Å². The maximum atomic E-state index is 12.3. The Bertz CT molecular complexity index is 328. The third-order valence-corrected chi connectivity index (χ3v) is 5.75. The van der Waals surface area contributed by atoms with Gasteiger partial charge in [-0.3, -0.25) is 4.79 Å². The highest BCUT2D eigenvalue weighted by Crippen LogP contribution is 2.42. The quantitative estimate of drug-likeness (QED) is 0.767. The lowest BCUT2D eigenvalue weighted by molar-refractivity contribution is -0.131. The lowest BCUT2D eigenvalue weighted by atomic mass is 9.68. The highest BCUT2D eigenvalue weighted by atomic mass is 32.2.